The number of piperidine rings is 1. The van der Waals surface area contributed by atoms with Gasteiger partial charge in [-0.1, -0.05) is 11.3 Å². The number of hydrogen-bond acceptors (Lipinski definition) is 6. The van der Waals surface area contributed by atoms with E-state index in [0.29, 0.717) is 29.9 Å². The number of aromatic nitrogens is 3. The van der Waals surface area contributed by atoms with E-state index in [1.165, 1.54) is 6.07 Å². The maximum absolute atomic E-state index is 13.0. The van der Waals surface area contributed by atoms with E-state index in [2.05, 4.69) is 15.6 Å². The average molecular weight is 393 g/mol. The Morgan fingerprint density at radius 3 is 2.78 bits per heavy atom. The molecule has 0 saturated carbocycles. The van der Waals surface area contributed by atoms with Gasteiger partial charge in [0.2, 0.25) is 0 Å². The molecule has 10 heteroatoms. The number of nitrogens with zero attached hydrogens (tertiary/aromatic N) is 5. The molecule has 0 bridgehead atoms. The minimum atomic E-state index is -0.397. The van der Waals surface area contributed by atoms with Gasteiger partial charge in [-0.2, -0.15) is 0 Å². The van der Waals surface area contributed by atoms with Crippen LogP contribution in [0.2, 0.25) is 0 Å². The van der Waals surface area contributed by atoms with Gasteiger partial charge in [-0.15, -0.1) is 17.5 Å². The van der Waals surface area contributed by atoms with Crippen molar-refractivity contribution in [2.75, 3.05) is 24.5 Å². The molecule has 2 aliphatic rings. The van der Waals surface area contributed by atoms with Crippen LogP contribution in [-0.2, 0) is 6.42 Å². The minimum Gasteiger partial charge on any atom is -0.317 e. The van der Waals surface area contributed by atoms with Gasteiger partial charge in [-0.3, -0.25) is 14.9 Å². The molecule has 1 N–H and O–H groups in total. The fourth-order valence-corrected chi connectivity index (χ4v) is 3.86. The summed E-state index contributed by atoms with van der Waals surface area (Å²) in [5, 5.41) is 22.9. The van der Waals surface area contributed by atoms with E-state index in [9.17, 15) is 14.9 Å². The number of nitro groups is 1. The van der Waals surface area contributed by atoms with Crippen LogP contribution in [0.1, 0.15) is 40.6 Å². The molecule has 9 nitrogen and oxygen atoms in total. The van der Waals surface area contributed by atoms with Gasteiger partial charge in [-0.25, -0.2) is 4.68 Å². The van der Waals surface area contributed by atoms with Crippen LogP contribution >= 0.6 is 12.4 Å². The van der Waals surface area contributed by atoms with E-state index >= 15 is 0 Å². The quantitative estimate of drug-likeness (QED) is 0.632. The summed E-state index contributed by atoms with van der Waals surface area (Å²) in [5.41, 5.74) is 2.34. The van der Waals surface area contributed by atoms with E-state index < -0.39 is 4.92 Å². The van der Waals surface area contributed by atoms with Gasteiger partial charge in [-0.05, 0) is 45.3 Å². The van der Waals surface area contributed by atoms with E-state index in [-0.39, 0.29) is 30.0 Å². The van der Waals surface area contributed by atoms with Crippen LogP contribution in [0.15, 0.2) is 18.2 Å². The predicted molar refractivity (Wildman–Crippen MR) is 102 cm³/mol. The summed E-state index contributed by atoms with van der Waals surface area (Å²) in [7, 11) is 0. The summed E-state index contributed by atoms with van der Waals surface area (Å²) in [5.74, 6) is -0.248. The van der Waals surface area contributed by atoms with Crippen LogP contribution in [0.3, 0.4) is 0 Å². The summed E-state index contributed by atoms with van der Waals surface area (Å²) in [6, 6.07) is 5.09. The van der Waals surface area contributed by atoms with Crippen LogP contribution < -0.4 is 10.2 Å². The lowest BCUT2D eigenvalue weighted by atomic mass is 10.1. The number of carbonyl (C=O) groups excluding carboxylic acids is 1. The van der Waals surface area contributed by atoms with Crippen molar-refractivity contribution in [1.29, 1.82) is 0 Å². The molecule has 3 heterocycles. The van der Waals surface area contributed by atoms with Crippen molar-refractivity contribution in [2.24, 2.45) is 0 Å². The smallest absolute Gasteiger partial charge is 0.280 e. The minimum absolute atomic E-state index is 0. The van der Waals surface area contributed by atoms with Crippen molar-refractivity contribution in [2.45, 2.75) is 32.2 Å². The number of nitrogens with one attached hydrogen (secondary N) is 1. The van der Waals surface area contributed by atoms with Gasteiger partial charge < -0.3 is 10.2 Å². The molecule has 1 aromatic carbocycles. The number of fused-ring (bicyclic) bond motifs is 1. The molecule has 0 atom stereocenters. The number of rotatable bonds is 3. The average Bonchev–Trinajstić information content (AvgIpc) is 3.25. The Morgan fingerprint density at radius 2 is 2.07 bits per heavy atom. The number of hydrogen-bond donors (Lipinski definition) is 1. The predicted octanol–water partition coefficient (Wildman–Crippen LogP) is 2.04. The third-order valence-electron chi connectivity index (χ3n) is 5.23. The Balaban J connectivity index is 0.00000210. The lowest BCUT2D eigenvalue weighted by Crippen LogP contribution is -2.31. The first-order chi connectivity index (χ1) is 12.6. The third kappa shape index (κ3) is 3.28. The Morgan fingerprint density at radius 1 is 1.33 bits per heavy atom. The van der Waals surface area contributed by atoms with Gasteiger partial charge in [0.25, 0.3) is 11.6 Å². The van der Waals surface area contributed by atoms with Crippen LogP contribution in [0, 0.1) is 17.0 Å². The molecule has 1 amide bonds. The summed E-state index contributed by atoms with van der Waals surface area (Å²) in [4.78, 5) is 25.4. The lowest BCUT2D eigenvalue weighted by molar-refractivity contribution is -0.385. The number of amides is 1. The fraction of sp³-hybridized carbons (Fsp3) is 0.471. The Bertz CT molecular complexity index is 878. The highest BCUT2D eigenvalue weighted by molar-refractivity contribution is 6.07. The van der Waals surface area contributed by atoms with Gasteiger partial charge in [0, 0.05) is 12.6 Å². The zero-order chi connectivity index (χ0) is 18.3. The van der Waals surface area contributed by atoms with Crippen molar-refractivity contribution >= 4 is 29.7 Å². The number of carbonyl (C=O) groups is 1. The second kappa shape index (κ2) is 7.61. The van der Waals surface area contributed by atoms with E-state index in [1.807, 2.05) is 11.6 Å². The molecule has 2 aromatic rings. The highest BCUT2D eigenvalue weighted by Gasteiger charge is 2.33. The van der Waals surface area contributed by atoms with Crippen molar-refractivity contribution < 1.29 is 9.72 Å². The maximum Gasteiger partial charge on any atom is 0.280 e. The molecule has 144 valence electrons. The highest BCUT2D eigenvalue weighted by Crippen LogP contribution is 2.35. The number of nitro benzene ring substituents is 1. The molecule has 0 aliphatic carbocycles. The molecular formula is C17H21ClN6O3. The third-order valence-corrected chi connectivity index (χ3v) is 5.23. The van der Waals surface area contributed by atoms with E-state index in [0.717, 1.165) is 31.6 Å². The van der Waals surface area contributed by atoms with Crippen LogP contribution in [0.4, 0.5) is 11.4 Å². The van der Waals surface area contributed by atoms with Crippen molar-refractivity contribution in [3.63, 3.8) is 0 Å². The zero-order valence-electron chi connectivity index (χ0n) is 14.9. The topological polar surface area (TPSA) is 106 Å². The highest BCUT2D eigenvalue weighted by atomic mass is 35.5. The largest absolute Gasteiger partial charge is 0.317 e. The van der Waals surface area contributed by atoms with Gasteiger partial charge in [0.05, 0.1) is 27.9 Å². The van der Waals surface area contributed by atoms with Crippen LogP contribution in [0.5, 0.6) is 0 Å². The fourth-order valence-electron chi connectivity index (χ4n) is 3.86. The van der Waals surface area contributed by atoms with Crippen molar-refractivity contribution in [3.05, 3.63) is 45.3 Å². The van der Waals surface area contributed by atoms with Gasteiger partial charge in [0.1, 0.15) is 0 Å². The SMILES string of the molecule is Cc1c(C(=O)N2CCc3c2cccc3[N+](=O)[O-])nnn1C1CCNCC1.Cl. The summed E-state index contributed by atoms with van der Waals surface area (Å²) < 4.78 is 1.85. The van der Waals surface area contributed by atoms with Crippen LogP contribution in [-0.4, -0.2) is 45.5 Å². The van der Waals surface area contributed by atoms with Gasteiger partial charge >= 0.3 is 0 Å². The first-order valence-electron chi connectivity index (χ1n) is 8.78. The Hall–Kier alpha value is -2.52. The first-order valence-corrected chi connectivity index (χ1v) is 8.78. The normalized spacial score (nSPS) is 16.7. The summed E-state index contributed by atoms with van der Waals surface area (Å²) in [6.45, 7) is 4.13. The summed E-state index contributed by atoms with van der Waals surface area (Å²) in [6.07, 6.45) is 2.38. The first kappa shape index (κ1) is 19.2. The summed E-state index contributed by atoms with van der Waals surface area (Å²) >= 11 is 0. The molecule has 0 radical (unpaired) electrons. The maximum atomic E-state index is 13.0. The molecule has 1 fully saturated rings. The van der Waals surface area contributed by atoms with Crippen molar-refractivity contribution in [3.8, 4) is 0 Å². The molecule has 0 unspecified atom stereocenters. The van der Waals surface area contributed by atoms with Crippen LogP contribution in [0.25, 0.3) is 0 Å². The number of benzene rings is 1. The molecule has 1 aromatic heterocycles. The molecule has 4 rings (SSSR count). The molecule has 2 aliphatic heterocycles. The molecule has 1 saturated heterocycles. The second-order valence-corrected chi connectivity index (χ2v) is 6.69. The Kier molecular flexibility index (Phi) is 5.43. The zero-order valence-corrected chi connectivity index (χ0v) is 15.7. The monoisotopic (exact) mass is 392 g/mol. The number of halogens is 1. The van der Waals surface area contributed by atoms with Crippen molar-refractivity contribution in [1.82, 2.24) is 20.3 Å². The number of anilines is 1. The lowest BCUT2D eigenvalue weighted by Gasteiger charge is -2.23. The molecule has 0 spiro atoms. The van der Waals surface area contributed by atoms with Gasteiger partial charge in [0.15, 0.2) is 5.69 Å². The molecule has 27 heavy (non-hydrogen) atoms. The second-order valence-electron chi connectivity index (χ2n) is 6.69. The standard InChI is InChI=1S/C17H20N6O3.ClH/c1-11-16(19-20-22(11)12-5-8-18-9-6-12)17(24)21-10-7-13-14(21)3-2-4-15(13)23(25)26;/h2-4,12,18H,5-10H2,1H3;1H. The molecular weight excluding hydrogens is 372 g/mol. The van der Waals surface area contributed by atoms with E-state index in [1.54, 1.807) is 17.0 Å². The Labute approximate surface area is 162 Å². The van der Waals surface area contributed by atoms with E-state index in [4.69, 9.17) is 0 Å².